The highest BCUT2D eigenvalue weighted by atomic mass is 35.5. The van der Waals surface area contributed by atoms with Gasteiger partial charge >= 0.3 is 6.03 Å². The number of carbonyl (C=O) groups excluding carboxylic acids is 1. The number of hydrogen-bond donors (Lipinski definition) is 2. The van der Waals surface area contributed by atoms with Gasteiger partial charge in [-0.25, -0.2) is 4.79 Å². The molecule has 3 N–H and O–H groups in total. The first-order valence-electron chi connectivity index (χ1n) is 8.16. The normalized spacial score (nSPS) is 18.1. The van der Waals surface area contributed by atoms with Gasteiger partial charge in [-0.3, -0.25) is 9.89 Å². The molecule has 0 radical (unpaired) electrons. The maximum atomic E-state index is 12.4. The number of nitrogens with one attached hydrogen (secondary N) is 1. The van der Waals surface area contributed by atoms with Crippen molar-refractivity contribution in [3.05, 3.63) is 35.5 Å². The van der Waals surface area contributed by atoms with Crippen molar-refractivity contribution in [2.75, 3.05) is 36.5 Å². The molecule has 0 aromatic heterocycles. The average molecular weight is 348 g/mol. The van der Waals surface area contributed by atoms with Crippen molar-refractivity contribution in [1.82, 2.24) is 4.90 Å². The van der Waals surface area contributed by atoms with E-state index in [1.807, 2.05) is 12.1 Å². The third-order valence-electron chi connectivity index (χ3n) is 4.44. The Morgan fingerprint density at radius 3 is 2.83 bits per heavy atom. The second-order valence-electron chi connectivity index (χ2n) is 6.04. The molecule has 24 heavy (non-hydrogen) atoms. The zero-order valence-electron chi connectivity index (χ0n) is 13.5. The Kier molecular flexibility index (Phi) is 5.37. The van der Waals surface area contributed by atoms with Crippen molar-refractivity contribution in [1.29, 1.82) is 0 Å². The zero-order valence-corrected chi connectivity index (χ0v) is 14.2. The van der Waals surface area contributed by atoms with Crippen molar-refractivity contribution in [2.45, 2.75) is 12.8 Å². The summed E-state index contributed by atoms with van der Waals surface area (Å²) in [5.41, 5.74) is 7.49. The molecule has 0 bridgehead atoms. The number of benzene rings is 1. The summed E-state index contributed by atoms with van der Waals surface area (Å²) in [5, 5.41) is 3.55. The van der Waals surface area contributed by atoms with Crippen LogP contribution in [-0.2, 0) is 0 Å². The Bertz CT molecular complexity index is 652. The van der Waals surface area contributed by atoms with Crippen LogP contribution in [0.5, 0.6) is 0 Å². The van der Waals surface area contributed by atoms with E-state index in [2.05, 4.69) is 15.2 Å². The molecule has 128 valence electrons. The van der Waals surface area contributed by atoms with Gasteiger partial charge in [-0.05, 0) is 49.6 Å². The number of halogens is 1. The Morgan fingerprint density at radius 1 is 1.38 bits per heavy atom. The molecule has 1 fully saturated rings. The SMILES string of the molecule is NCC1CCN(c2ccc(Cl)cc2NC(=O)N2C=CC=NC2)CC1. The maximum Gasteiger partial charge on any atom is 0.327 e. The predicted octanol–water partition coefficient (Wildman–Crippen LogP) is 2.90. The van der Waals surface area contributed by atoms with Gasteiger partial charge in [0.2, 0.25) is 0 Å². The molecule has 2 amide bonds. The van der Waals surface area contributed by atoms with Crippen LogP contribution < -0.4 is 16.0 Å². The lowest BCUT2D eigenvalue weighted by atomic mass is 9.96. The van der Waals surface area contributed by atoms with E-state index in [9.17, 15) is 4.79 Å². The molecular weight excluding hydrogens is 326 g/mol. The van der Waals surface area contributed by atoms with Crippen LogP contribution in [0.1, 0.15) is 12.8 Å². The molecule has 0 atom stereocenters. The largest absolute Gasteiger partial charge is 0.370 e. The van der Waals surface area contributed by atoms with Crippen LogP contribution in [-0.4, -0.2) is 43.4 Å². The van der Waals surface area contributed by atoms with Crippen molar-refractivity contribution in [2.24, 2.45) is 16.6 Å². The van der Waals surface area contributed by atoms with Crippen molar-refractivity contribution in [3.63, 3.8) is 0 Å². The van der Waals surface area contributed by atoms with Gasteiger partial charge in [-0.1, -0.05) is 11.6 Å². The van der Waals surface area contributed by atoms with Gasteiger partial charge in [0, 0.05) is 30.5 Å². The summed E-state index contributed by atoms with van der Waals surface area (Å²) in [6.07, 6.45) is 7.25. The Balaban J connectivity index is 1.75. The first-order valence-corrected chi connectivity index (χ1v) is 8.54. The molecular formula is C17H22ClN5O. The average Bonchev–Trinajstić information content (AvgIpc) is 2.63. The molecule has 0 saturated carbocycles. The number of aliphatic imine (C=N–C) groups is 1. The lowest BCUT2D eigenvalue weighted by molar-refractivity contribution is 0.229. The van der Waals surface area contributed by atoms with E-state index in [1.54, 1.807) is 24.6 Å². The smallest absolute Gasteiger partial charge is 0.327 e. The fourth-order valence-corrected chi connectivity index (χ4v) is 3.17. The molecule has 0 spiro atoms. The van der Waals surface area contributed by atoms with Crippen LogP contribution in [0.25, 0.3) is 0 Å². The minimum absolute atomic E-state index is 0.219. The quantitative estimate of drug-likeness (QED) is 0.882. The summed E-state index contributed by atoms with van der Waals surface area (Å²) in [6, 6.07) is 5.39. The standard InChI is InChI=1S/C17H22ClN5O/c18-14-2-3-16(22-8-4-13(11-19)5-9-22)15(10-14)21-17(24)23-7-1-6-20-12-23/h1-3,6-7,10,13H,4-5,8-9,11-12,19H2,(H,21,24). The molecule has 0 unspecified atom stereocenters. The minimum Gasteiger partial charge on any atom is -0.370 e. The van der Waals surface area contributed by atoms with Gasteiger partial charge in [0.25, 0.3) is 0 Å². The van der Waals surface area contributed by atoms with E-state index >= 15 is 0 Å². The number of rotatable bonds is 3. The predicted molar refractivity (Wildman–Crippen MR) is 98.8 cm³/mol. The molecule has 1 aromatic rings. The summed E-state index contributed by atoms with van der Waals surface area (Å²) in [6.45, 7) is 2.92. The van der Waals surface area contributed by atoms with Gasteiger partial charge in [-0.2, -0.15) is 0 Å². The number of hydrogen-bond acceptors (Lipinski definition) is 4. The number of anilines is 2. The van der Waals surface area contributed by atoms with Crippen LogP contribution in [0.3, 0.4) is 0 Å². The fraction of sp³-hybridized carbons (Fsp3) is 0.412. The Labute approximate surface area is 147 Å². The third-order valence-corrected chi connectivity index (χ3v) is 4.68. The van der Waals surface area contributed by atoms with Gasteiger partial charge in [0.1, 0.15) is 6.67 Å². The topological polar surface area (TPSA) is 74.0 Å². The molecule has 3 rings (SSSR count). The first kappa shape index (κ1) is 16.8. The number of nitrogens with zero attached hydrogens (tertiary/aromatic N) is 3. The highest BCUT2D eigenvalue weighted by Gasteiger charge is 2.22. The Morgan fingerprint density at radius 2 is 2.17 bits per heavy atom. The lowest BCUT2D eigenvalue weighted by Crippen LogP contribution is -2.37. The summed E-state index contributed by atoms with van der Waals surface area (Å²) in [5.74, 6) is 0.586. The third kappa shape index (κ3) is 3.88. The van der Waals surface area contributed by atoms with E-state index in [-0.39, 0.29) is 6.03 Å². The number of amides is 2. The molecule has 0 aliphatic carbocycles. The van der Waals surface area contributed by atoms with Gasteiger partial charge in [0.05, 0.1) is 11.4 Å². The highest BCUT2D eigenvalue weighted by Crippen LogP contribution is 2.32. The van der Waals surface area contributed by atoms with E-state index in [0.717, 1.165) is 43.9 Å². The molecule has 7 heteroatoms. The zero-order chi connectivity index (χ0) is 16.9. The number of allylic oxidation sites excluding steroid dienone is 1. The summed E-state index contributed by atoms with van der Waals surface area (Å²) < 4.78 is 0. The molecule has 2 aliphatic rings. The van der Waals surface area contributed by atoms with Crippen LogP contribution >= 0.6 is 11.6 Å². The van der Waals surface area contributed by atoms with E-state index in [1.165, 1.54) is 4.90 Å². The number of piperidine rings is 1. The van der Waals surface area contributed by atoms with Crippen LogP contribution in [0.2, 0.25) is 5.02 Å². The van der Waals surface area contributed by atoms with E-state index in [4.69, 9.17) is 17.3 Å². The molecule has 2 aliphatic heterocycles. The van der Waals surface area contributed by atoms with Gasteiger partial charge in [0.15, 0.2) is 0 Å². The van der Waals surface area contributed by atoms with E-state index < -0.39 is 0 Å². The first-order chi connectivity index (χ1) is 11.7. The number of nitrogens with two attached hydrogens (primary N) is 1. The summed E-state index contributed by atoms with van der Waals surface area (Å²) >= 11 is 6.13. The monoisotopic (exact) mass is 347 g/mol. The van der Waals surface area contributed by atoms with Crippen LogP contribution in [0.15, 0.2) is 35.5 Å². The summed E-state index contributed by atoms with van der Waals surface area (Å²) in [4.78, 5) is 20.3. The number of carbonyl (C=O) groups is 1. The molecule has 1 saturated heterocycles. The molecule has 6 nitrogen and oxygen atoms in total. The van der Waals surface area contributed by atoms with Crippen molar-refractivity contribution in [3.8, 4) is 0 Å². The highest BCUT2D eigenvalue weighted by molar-refractivity contribution is 6.31. The van der Waals surface area contributed by atoms with Gasteiger partial charge in [-0.15, -0.1) is 0 Å². The van der Waals surface area contributed by atoms with Crippen molar-refractivity contribution >= 4 is 35.2 Å². The van der Waals surface area contributed by atoms with Crippen LogP contribution in [0.4, 0.5) is 16.2 Å². The number of urea groups is 1. The second-order valence-corrected chi connectivity index (χ2v) is 6.48. The fourth-order valence-electron chi connectivity index (χ4n) is 3.00. The minimum atomic E-state index is -0.219. The van der Waals surface area contributed by atoms with Crippen LogP contribution in [0, 0.1) is 5.92 Å². The maximum absolute atomic E-state index is 12.4. The lowest BCUT2D eigenvalue weighted by Gasteiger charge is -2.34. The molecule has 2 heterocycles. The van der Waals surface area contributed by atoms with Crippen molar-refractivity contribution < 1.29 is 4.79 Å². The molecule has 1 aromatic carbocycles. The summed E-state index contributed by atoms with van der Waals surface area (Å²) in [7, 11) is 0. The second kappa shape index (κ2) is 7.68. The van der Waals surface area contributed by atoms with Gasteiger partial charge < -0.3 is 16.0 Å². The Hall–Kier alpha value is -2.05. The van der Waals surface area contributed by atoms with E-state index in [0.29, 0.717) is 17.6 Å².